The first-order valence-electron chi connectivity index (χ1n) is 7.74. The predicted octanol–water partition coefficient (Wildman–Crippen LogP) is 3.48. The molecule has 0 fully saturated rings. The van der Waals surface area contributed by atoms with E-state index >= 15 is 0 Å². The van der Waals surface area contributed by atoms with E-state index in [9.17, 15) is 4.79 Å². The van der Waals surface area contributed by atoms with Gasteiger partial charge in [0.1, 0.15) is 18.1 Å². The fourth-order valence-electron chi connectivity index (χ4n) is 2.27. The molecule has 0 aliphatic heterocycles. The molecule has 1 N–H and O–H groups in total. The molecule has 3 rings (SSSR count). The van der Waals surface area contributed by atoms with Crippen LogP contribution >= 0.6 is 11.6 Å². The third-order valence-electron chi connectivity index (χ3n) is 3.61. The molecule has 3 aromatic rings. The molecule has 0 aliphatic rings. The summed E-state index contributed by atoms with van der Waals surface area (Å²) >= 11 is 5.99. The zero-order valence-electron chi connectivity index (χ0n) is 14.0. The van der Waals surface area contributed by atoms with E-state index in [1.807, 2.05) is 26.2 Å². The van der Waals surface area contributed by atoms with Crippen molar-refractivity contribution in [2.75, 3.05) is 0 Å². The van der Waals surface area contributed by atoms with Gasteiger partial charge in [0.15, 0.2) is 5.76 Å². The first-order chi connectivity index (χ1) is 12.0. The van der Waals surface area contributed by atoms with E-state index in [1.165, 1.54) is 0 Å². The van der Waals surface area contributed by atoms with E-state index in [-0.39, 0.29) is 18.3 Å². The Balaban J connectivity index is 1.54. The van der Waals surface area contributed by atoms with Gasteiger partial charge in [-0.25, -0.2) is 0 Å². The number of ether oxygens (including phenoxy) is 1. The summed E-state index contributed by atoms with van der Waals surface area (Å²) in [5.74, 6) is 1.23. The summed E-state index contributed by atoms with van der Waals surface area (Å²) in [6, 6.07) is 8.78. The maximum absolute atomic E-state index is 12.1. The van der Waals surface area contributed by atoms with E-state index in [0.717, 1.165) is 11.1 Å². The number of hydrogen-bond acceptors (Lipinski definition) is 4. The summed E-state index contributed by atoms with van der Waals surface area (Å²) < 4.78 is 12.9. The number of aromatic nitrogens is 2. The maximum atomic E-state index is 12.1. The standard InChI is InChI=1S/C18H18ClN3O3/c1-12-7-14(3-5-16(12)19)24-11-15-4-6-17(25-15)18(23)20-8-13-9-21-22(2)10-13/h3-7,9-10H,8,11H2,1-2H3,(H,20,23). The second kappa shape index (κ2) is 7.44. The Bertz CT molecular complexity index is 885. The van der Waals surface area contributed by atoms with Crippen LogP contribution in [0.5, 0.6) is 5.75 Å². The SMILES string of the molecule is Cc1cc(OCc2ccc(C(=O)NCc3cnn(C)c3)o2)ccc1Cl. The minimum atomic E-state index is -0.280. The monoisotopic (exact) mass is 359 g/mol. The van der Waals surface area contributed by atoms with Crippen LogP contribution in [0.15, 0.2) is 47.1 Å². The van der Waals surface area contributed by atoms with Gasteiger partial charge in [0, 0.05) is 30.4 Å². The third-order valence-corrected chi connectivity index (χ3v) is 4.03. The Morgan fingerprint density at radius 2 is 2.20 bits per heavy atom. The quantitative estimate of drug-likeness (QED) is 0.731. The first-order valence-corrected chi connectivity index (χ1v) is 8.12. The van der Waals surface area contributed by atoms with Crippen molar-refractivity contribution in [1.29, 1.82) is 0 Å². The number of rotatable bonds is 6. The molecule has 2 heterocycles. The minimum absolute atomic E-state index is 0.233. The van der Waals surface area contributed by atoms with Crippen LogP contribution in [0.1, 0.15) is 27.4 Å². The van der Waals surface area contributed by atoms with Gasteiger partial charge in [0.05, 0.1) is 6.20 Å². The molecule has 2 aromatic heterocycles. The van der Waals surface area contributed by atoms with Crippen molar-refractivity contribution < 1.29 is 13.9 Å². The van der Waals surface area contributed by atoms with Gasteiger partial charge >= 0.3 is 0 Å². The molecular formula is C18H18ClN3O3. The molecule has 0 radical (unpaired) electrons. The topological polar surface area (TPSA) is 69.3 Å². The maximum Gasteiger partial charge on any atom is 0.287 e. The Kier molecular flexibility index (Phi) is 5.09. The molecule has 0 spiro atoms. The molecule has 25 heavy (non-hydrogen) atoms. The smallest absolute Gasteiger partial charge is 0.287 e. The highest BCUT2D eigenvalue weighted by molar-refractivity contribution is 6.31. The van der Waals surface area contributed by atoms with Gasteiger partial charge in [-0.05, 0) is 42.8 Å². The third kappa shape index (κ3) is 4.42. The van der Waals surface area contributed by atoms with Crippen LogP contribution in [0.2, 0.25) is 5.02 Å². The summed E-state index contributed by atoms with van der Waals surface area (Å²) in [6.07, 6.45) is 3.55. The molecule has 7 heteroatoms. The molecular weight excluding hydrogens is 342 g/mol. The van der Waals surface area contributed by atoms with E-state index in [1.54, 1.807) is 35.1 Å². The van der Waals surface area contributed by atoms with Crippen LogP contribution < -0.4 is 10.1 Å². The van der Waals surface area contributed by atoms with Crippen LogP contribution in [0.25, 0.3) is 0 Å². The van der Waals surface area contributed by atoms with E-state index in [0.29, 0.717) is 23.1 Å². The van der Waals surface area contributed by atoms with Crippen molar-refractivity contribution in [3.8, 4) is 5.75 Å². The number of hydrogen-bond donors (Lipinski definition) is 1. The number of benzene rings is 1. The number of amides is 1. The molecule has 1 amide bonds. The van der Waals surface area contributed by atoms with Crippen molar-refractivity contribution in [1.82, 2.24) is 15.1 Å². The average Bonchev–Trinajstić information content (AvgIpc) is 3.23. The molecule has 0 saturated heterocycles. The molecule has 130 valence electrons. The Morgan fingerprint density at radius 3 is 2.92 bits per heavy atom. The van der Waals surface area contributed by atoms with Crippen molar-refractivity contribution in [2.45, 2.75) is 20.1 Å². The predicted molar refractivity (Wildman–Crippen MR) is 93.6 cm³/mol. The average molecular weight is 360 g/mol. The van der Waals surface area contributed by atoms with Gasteiger partial charge < -0.3 is 14.5 Å². The summed E-state index contributed by atoms with van der Waals surface area (Å²) in [7, 11) is 1.83. The zero-order chi connectivity index (χ0) is 17.8. The number of carbonyl (C=O) groups is 1. The van der Waals surface area contributed by atoms with Crippen LogP contribution in [0.3, 0.4) is 0 Å². The van der Waals surface area contributed by atoms with Crippen LogP contribution in [0.4, 0.5) is 0 Å². The highest BCUT2D eigenvalue weighted by atomic mass is 35.5. The molecule has 0 unspecified atom stereocenters. The van der Waals surface area contributed by atoms with Crippen molar-refractivity contribution in [3.63, 3.8) is 0 Å². The highest BCUT2D eigenvalue weighted by Gasteiger charge is 2.12. The lowest BCUT2D eigenvalue weighted by atomic mass is 10.2. The minimum Gasteiger partial charge on any atom is -0.486 e. The Labute approximate surface area is 150 Å². The fourth-order valence-corrected chi connectivity index (χ4v) is 2.39. The molecule has 0 atom stereocenters. The lowest BCUT2D eigenvalue weighted by molar-refractivity contribution is 0.0919. The molecule has 0 aliphatic carbocycles. The molecule has 1 aromatic carbocycles. The fraction of sp³-hybridized carbons (Fsp3) is 0.222. The zero-order valence-corrected chi connectivity index (χ0v) is 14.7. The van der Waals surface area contributed by atoms with Crippen molar-refractivity contribution in [2.24, 2.45) is 7.05 Å². The highest BCUT2D eigenvalue weighted by Crippen LogP contribution is 2.22. The van der Waals surface area contributed by atoms with Crippen LogP contribution in [-0.4, -0.2) is 15.7 Å². The largest absolute Gasteiger partial charge is 0.486 e. The molecule has 0 bridgehead atoms. The van der Waals surface area contributed by atoms with Crippen molar-refractivity contribution >= 4 is 17.5 Å². The normalized spacial score (nSPS) is 10.7. The summed E-state index contributed by atoms with van der Waals surface area (Å²) in [5.41, 5.74) is 1.86. The number of nitrogens with one attached hydrogen (secondary N) is 1. The first kappa shape index (κ1) is 17.1. The van der Waals surface area contributed by atoms with Gasteiger partial charge in [0.2, 0.25) is 0 Å². The van der Waals surface area contributed by atoms with E-state index in [2.05, 4.69) is 10.4 Å². The number of nitrogens with zero attached hydrogens (tertiary/aromatic N) is 2. The number of carbonyl (C=O) groups excluding carboxylic acids is 1. The van der Waals surface area contributed by atoms with E-state index < -0.39 is 0 Å². The van der Waals surface area contributed by atoms with Gasteiger partial charge in [-0.1, -0.05) is 11.6 Å². The van der Waals surface area contributed by atoms with Crippen molar-refractivity contribution in [3.05, 3.63) is 70.4 Å². The summed E-state index contributed by atoms with van der Waals surface area (Å²) in [5, 5.41) is 7.53. The lowest BCUT2D eigenvalue weighted by Gasteiger charge is -2.06. The Hall–Kier alpha value is -2.73. The van der Waals surface area contributed by atoms with Gasteiger partial charge in [-0.3, -0.25) is 9.48 Å². The van der Waals surface area contributed by atoms with Crippen LogP contribution in [0, 0.1) is 6.92 Å². The number of furan rings is 1. The van der Waals surface area contributed by atoms with Gasteiger partial charge in [-0.2, -0.15) is 5.10 Å². The number of halogens is 1. The molecule has 6 nitrogen and oxygen atoms in total. The molecule has 0 saturated carbocycles. The summed E-state index contributed by atoms with van der Waals surface area (Å²) in [4.78, 5) is 12.1. The number of aryl methyl sites for hydroxylation is 2. The second-order valence-electron chi connectivity index (χ2n) is 5.67. The Morgan fingerprint density at radius 1 is 1.36 bits per heavy atom. The van der Waals surface area contributed by atoms with Gasteiger partial charge in [-0.15, -0.1) is 0 Å². The van der Waals surface area contributed by atoms with E-state index in [4.69, 9.17) is 20.8 Å². The second-order valence-corrected chi connectivity index (χ2v) is 6.08. The van der Waals surface area contributed by atoms with Crippen LogP contribution in [-0.2, 0) is 20.2 Å². The summed E-state index contributed by atoms with van der Waals surface area (Å²) in [6.45, 7) is 2.53. The van der Waals surface area contributed by atoms with Gasteiger partial charge in [0.25, 0.3) is 5.91 Å². The lowest BCUT2D eigenvalue weighted by Crippen LogP contribution is -2.22.